The minimum atomic E-state index is 0.901. The molecule has 2 aliphatic rings. The van der Waals surface area contributed by atoms with Gasteiger partial charge in [0.15, 0.2) is 0 Å². The lowest BCUT2D eigenvalue weighted by molar-refractivity contribution is 0.151. The Morgan fingerprint density at radius 3 is 2.83 bits per heavy atom. The second kappa shape index (κ2) is 3.24. The molecule has 2 aliphatic carbocycles. The van der Waals surface area contributed by atoms with Crippen LogP contribution in [0.2, 0.25) is 0 Å². The Morgan fingerprint density at radius 1 is 1.25 bits per heavy atom. The average Bonchev–Trinajstić information content (AvgIpc) is 2.49. The van der Waals surface area contributed by atoms with Gasteiger partial charge in [-0.05, 0) is 42.9 Å². The van der Waals surface area contributed by atoms with Crippen molar-refractivity contribution in [3.63, 3.8) is 0 Å². The molecule has 0 heteroatoms. The van der Waals surface area contributed by atoms with Crippen LogP contribution in [0.15, 0.2) is 12.2 Å². The normalized spacial score (nSPS) is 40.4. The van der Waals surface area contributed by atoms with Crippen molar-refractivity contribution < 1.29 is 0 Å². The molecule has 0 aromatic rings. The molecular formula is C12H20. The summed E-state index contributed by atoms with van der Waals surface area (Å²) in [5, 5.41) is 0. The predicted molar refractivity (Wildman–Crippen MR) is 52.9 cm³/mol. The van der Waals surface area contributed by atoms with Crippen LogP contribution in [0, 0.1) is 23.7 Å². The first-order valence-electron chi connectivity index (χ1n) is 5.45. The van der Waals surface area contributed by atoms with Crippen LogP contribution in [0.4, 0.5) is 0 Å². The maximum Gasteiger partial charge on any atom is -0.0199 e. The summed E-state index contributed by atoms with van der Waals surface area (Å²) < 4.78 is 0. The van der Waals surface area contributed by atoms with Gasteiger partial charge in [0.1, 0.15) is 0 Å². The molecular weight excluding hydrogens is 144 g/mol. The molecule has 0 aromatic heterocycles. The third kappa shape index (κ3) is 1.32. The van der Waals surface area contributed by atoms with Gasteiger partial charge in [-0.3, -0.25) is 0 Å². The lowest BCUT2D eigenvalue weighted by atomic mass is 9.69. The molecule has 1 saturated carbocycles. The van der Waals surface area contributed by atoms with E-state index in [0.717, 1.165) is 23.7 Å². The topological polar surface area (TPSA) is 0 Å². The van der Waals surface area contributed by atoms with Gasteiger partial charge in [-0.25, -0.2) is 0 Å². The first-order chi connectivity index (χ1) is 5.79. The summed E-state index contributed by atoms with van der Waals surface area (Å²) in [5.74, 6) is 3.88. The second-order valence-electron chi connectivity index (χ2n) is 4.83. The van der Waals surface area contributed by atoms with Gasteiger partial charge >= 0.3 is 0 Å². The van der Waals surface area contributed by atoms with Crippen LogP contribution < -0.4 is 0 Å². The summed E-state index contributed by atoms with van der Waals surface area (Å²) in [4.78, 5) is 0. The van der Waals surface area contributed by atoms with Crippen molar-refractivity contribution >= 4 is 0 Å². The maximum atomic E-state index is 2.47. The Hall–Kier alpha value is -0.260. The van der Waals surface area contributed by atoms with Crippen molar-refractivity contribution in [1.82, 2.24) is 0 Å². The van der Waals surface area contributed by atoms with E-state index in [4.69, 9.17) is 0 Å². The van der Waals surface area contributed by atoms with Crippen molar-refractivity contribution in [3.8, 4) is 0 Å². The highest BCUT2D eigenvalue weighted by atomic mass is 14.4. The summed E-state index contributed by atoms with van der Waals surface area (Å²) in [6.07, 6.45) is 10.7. The fourth-order valence-corrected chi connectivity index (χ4v) is 3.16. The quantitative estimate of drug-likeness (QED) is 0.519. The molecule has 0 spiro atoms. The van der Waals surface area contributed by atoms with Crippen molar-refractivity contribution in [2.24, 2.45) is 23.7 Å². The van der Waals surface area contributed by atoms with E-state index < -0.39 is 0 Å². The molecule has 1 fully saturated rings. The second-order valence-corrected chi connectivity index (χ2v) is 4.83. The summed E-state index contributed by atoms with van der Waals surface area (Å²) in [6.45, 7) is 4.79. The van der Waals surface area contributed by atoms with Gasteiger partial charge in [0.25, 0.3) is 0 Å². The minimum Gasteiger partial charge on any atom is -0.0879 e. The number of hydrogen-bond donors (Lipinski definition) is 0. The number of rotatable bonds is 1. The highest BCUT2D eigenvalue weighted by molar-refractivity contribution is 5.04. The Balaban J connectivity index is 2.06. The lowest BCUT2D eigenvalue weighted by Crippen LogP contribution is -2.27. The van der Waals surface area contributed by atoms with Crippen LogP contribution in [0.1, 0.15) is 39.5 Å². The fourth-order valence-electron chi connectivity index (χ4n) is 3.16. The van der Waals surface area contributed by atoms with E-state index in [1.807, 2.05) is 0 Å². The fraction of sp³-hybridized carbons (Fsp3) is 0.833. The molecule has 0 saturated heterocycles. The smallest absolute Gasteiger partial charge is 0.0199 e. The molecule has 0 N–H and O–H groups in total. The first kappa shape index (κ1) is 8.34. The number of hydrogen-bond acceptors (Lipinski definition) is 0. The molecule has 0 heterocycles. The SMILES string of the molecule is CC(C)C1CCCC2C=CCC21. The van der Waals surface area contributed by atoms with Crippen molar-refractivity contribution in [2.75, 3.05) is 0 Å². The van der Waals surface area contributed by atoms with Gasteiger partial charge in [0, 0.05) is 0 Å². The average molecular weight is 164 g/mol. The number of allylic oxidation sites excluding steroid dienone is 2. The zero-order chi connectivity index (χ0) is 8.55. The van der Waals surface area contributed by atoms with Crippen LogP contribution >= 0.6 is 0 Å². The Morgan fingerprint density at radius 2 is 2.08 bits per heavy atom. The Labute approximate surface area is 76.1 Å². The van der Waals surface area contributed by atoms with Gasteiger partial charge in [0.2, 0.25) is 0 Å². The van der Waals surface area contributed by atoms with Gasteiger partial charge < -0.3 is 0 Å². The zero-order valence-corrected chi connectivity index (χ0v) is 8.29. The molecule has 0 bridgehead atoms. The molecule has 2 rings (SSSR count). The van der Waals surface area contributed by atoms with E-state index >= 15 is 0 Å². The molecule has 0 aromatic carbocycles. The largest absolute Gasteiger partial charge is 0.0879 e. The lowest BCUT2D eigenvalue weighted by Gasteiger charge is -2.36. The molecule has 0 radical (unpaired) electrons. The van der Waals surface area contributed by atoms with Gasteiger partial charge in [0.05, 0.1) is 0 Å². The zero-order valence-electron chi connectivity index (χ0n) is 8.29. The standard InChI is InChI=1S/C12H20/c1-9(2)11-7-3-5-10-6-4-8-12(10)11/h4,6,9-12H,3,5,7-8H2,1-2H3. The molecule has 12 heavy (non-hydrogen) atoms. The predicted octanol–water partition coefficient (Wildman–Crippen LogP) is 3.63. The van der Waals surface area contributed by atoms with Gasteiger partial charge in [-0.1, -0.05) is 32.4 Å². The minimum absolute atomic E-state index is 0.901. The molecule has 0 nitrogen and oxygen atoms in total. The molecule has 0 aliphatic heterocycles. The highest BCUT2D eigenvalue weighted by Gasteiger charge is 2.34. The van der Waals surface area contributed by atoms with E-state index in [2.05, 4.69) is 26.0 Å². The van der Waals surface area contributed by atoms with E-state index in [0.29, 0.717) is 0 Å². The van der Waals surface area contributed by atoms with Crippen LogP contribution in [0.5, 0.6) is 0 Å². The van der Waals surface area contributed by atoms with Crippen molar-refractivity contribution in [1.29, 1.82) is 0 Å². The van der Waals surface area contributed by atoms with Crippen LogP contribution in [-0.4, -0.2) is 0 Å². The number of fused-ring (bicyclic) bond motifs is 1. The first-order valence-corrected chi connectivity index (χ1v) is 5.45. The van der Waals surface area contributed by atoms with E-state index in [-0.39, 0.29) is 0 Å². The van der Waals surface area contributed by atoms with Crippen molar-refractivity contribution in [2.45, 2.75) is 39.5 Å². The summed E-state index contributed by atoms with van der Waals surface area (Å²) in [5.41, 5.74) is 0. The van der Waals surface area contributed by atoms with Crippen LogP contribution in [0.3, 0.4) is 0 Å². The van der Waals surface area contributed by atoms with E-state index in [9.17, 15) is 0 Å². The van der Waals surface area contributed by atoms with E-state index in [1.165, 1.54) is 25.7 Å². The summed E-state index contributed by atoms with van der Waals surface area (Å²) in [7, 11) is 0. The van der Waals surface area contributed by atoms with Gasteiger partial charge in [-0.2, -0.15) is 0 Å². The molecule has 68 valence electrons. The third-order valence-corrected chi connectivity index (χ3v) is 3.82. The van der Waals surface area contributed by atoms with Crippen molar-refractivity contribution in [3.05, 3.63) is 12.2 Å². The molecule has 0 amide bonds. The Kier molecular flexibility index (Phi) is 2.25. The summed E-state index contributed by atoms with van der Waals surface area (Å²) >= 11 is 0. The highest BCUT2D eigenvalue weighted by Crippen LogP contribution is 2.44. The van der Waals surface area contributed by atoms with E-state index in [1.54, 1.807) is 0 Å². The Bertz CT molecular complexity index is 178. The third-order valence-electron chi connectivity index (χ3n) is 3.82. The van der Waals surface area contributed by atoms with Crippen LogP contribution in [0.25, 0.3) is 0 Å². The molecule has 3 atom stereocenters. The monoisotopic (exact) mass is 164 g/mol. The molecule has 3 unspecified atom stereocenters. The van der Waals surface area contributed by atoms with Crippen LogP contribution in [-0.2, 0) is 0 Å². The summed E-state index contributed by atoms with van der Waals surface area (Å²) in [6, 6.07) is 0. The maximum absolute atomic E-state index is 2.47. The van der Waals surface area contributed by atoms with Gasteiger partial charge in [-0.15, -0.1) is 0 Å².